The third-order valence-electron chi connectivity index (χ3n) is 11.5. The lowest BCUT2D eigenvalue weighted by Gasteiger charge is -2.28. The number of phosphoric acid groups is 1. The Morgan fingerprint density at radius 3 is 1.16 bits per heavy atom. The van der Waals surface area contributed by atoms with Crippen molar-refractivity contribution in [3.8, 4) is 0 Å². The maximum atomic E-state index is 12.8. The Bertz CT molecular complexity index is 1840. The Hall–Kier alpha value is -4.37. The van der Waals surface area contributed by atoms with Crippen LogP contribution >= 0.6 is 7.82 Å². The van der Waals surface area contributed by atoms with E-state index in [9.17, 15) is 19.0 Å². The summed E-state index contributed by atoms with van der Waals surface area (Å²) < 4.78 is 34.0. The molecular weight excluding hydrogens is 966 g/mol. The molecule has 0 bridgehead atoms. The summed E-state index contributed by atoms with van der Waals surface area (Å²) in [6.07, 6.45) is 83.1. The second kappa shape index (κ2) is 55.4. The topological polar surface area (TPSA) is 111 Å². The van der Waals surface area contributed by atoms with Crippen LogP contribution in [0.2, 0.25) is 0 Å². The molecular formula is C66H106NO8P. The zero-order valence-electron chi connectivity index (χ0n) is 48.4. The van der Waals surface area contributed by atoms with Crippen molar-refractivity contribution < 1.29 is 42.1 Å². The van der Waals surface area contributed by atoms with Gasteiger partial charge >= 0.3 is 11.9 Å². The Morgan fingerprint density at radius 1 is 0.421 bits per heavy atom. The van der Waals surface area contributed by atoms with Crippen molar-refractivity contribution in [3.05, 3.63) is 158 Å². The molecule has 0 saturated carbocycles. The molecule has 0 saturated heterocycles. The summed E-state index contributed by atoms with van der Waals surface area (Å²) in [7, 11) is 1.11. The fourth-order valence-corrected chi connectivity index (χ4v) is 7.77. The number of rotatable bonds is 51. The molecule has 2 unspecified atom stereocenters. The van der Waals surface area contributed by atoms with E-state index in [1.54, 1.807) is 0 Å². The Kier molecular flexibility index (Phi) is 52.2. The van der Waals surface area contributed by atoms with Gasteiger partial charge in [0.1, 0.15) is 19.8 Å². The van der Waals surface area contributed by atoms with E-state index in [2.05, 4.69) is 172 Å². The van der Waals surface area contributed by atoms with Crippen LogP contribution in [0.1, 0.15) is 194 Å². The fourth-order valence-electron chi connectivity index (χ4n) is 7.04. The Balaban J connectivity index is 4.25. The molecule has 0 aromatic rings. The van der Waals surface area contributed by atoms with Crippen LogP contribution in [-0.4, -0.2) is 70.0 Å². The first-order chi connectivity index (χ1) is 37.0. The normalized spacial score (nSPS) is 14.4. The summed E-state index contributed by atoms with van der Waals surface area (Å²) >= 11 is 0. The molecule has 2 atom stereocenters. The maximum absolute atomic E-state index is 12.8. The van der Waals surface area contributed by atoms with Crippen molar-refractivity contribution in [2.24, 2.45) is 0 Å². The van der Waals surface area contributed by atoms with Gasteiger partial charge in [-0.05, 0) is 128 Å². The highest BCUT2D eigenvalue weighted by Gasteiger charge is 2.21. The predicted molar refractivity (Wildman–Crippen MR) is 323 cm³/mol. The molecule has 0 fully saturated rings. The van der Waals surface area contributed by atoms with Crippen LogP contribution in [-0.2, 0) is 32.7 Å². The molecule has 0 spiro atoms. The summed E-state index contributed by atoms with van der Waals surface area (Å²) in [5, 5.41) is 0. The number of phosphoric ester groups is 1. The first kappa shape index (κ1) is 71.6. The van der Waals surface area contributed by atoms with Crippen molar-refractivity contribution in [1.82, 2.24) is 0 Å². The molecule has 0 aliphatic rings. The highest BCUT2D eigenvalue weighted by atomic mass is 31.2. The number of quaternary nitrogens is 1. The summed E-state index contributed by atoms with van der Waals surface area (Å²) in [6.45, 7) is 4.01. The van der Waals surface area contributed by atoms with E-state index in [0.717, 1.165) is 128 Å². The lowest BCUT2D eigenvalue weighted by molar-refractivity contribution is -0.870. The lowest BCUT2D eigenvalue weighted by Crippen LogP contribution is -2.37. The van der Waals surface area contributed by atoms with Gasteiger partial charge in [0, 0.05) is 12.8 Å². The molecule has 9 nitrogen and oxygen atoms in total. The zero-order chi connectivity index (χ0) is 55.6. The highest BCUT2D eigenvalue weighted by Crippen LogP contribution is 2.38. The molecule has 0 aliphatic carbocycles. The zero-order valence-corrected chi connectivity index (χ0v) is 49.3. The monoisotopic (exact) mass is 1070 g/mol. The Labute approximate surface area is 465 Å². The number of unbranched alkanes of at least 4 members (excludes halogenated alkanes) is 11. The van der Waals surface area contributed by atoms with Gasteiger partial charge in [-0.1, -0.05) is 210 Å². The molecule has 428 valence electrons. The number of hydrogen-bond acceptors (Lipinski definition) is 8. The van der Waals surface area contributed by atoms with E-state index < -0.39 is 32.5 Å². The van der Waals surface area contributed by atoms with Crippen LogP contribution in [0.25, 0.3) is 0 Å². The van der Waals surface area contributed by atoms with Crippen molar-refractivity contribution in [2.75, 3.05) is 47.5 Å². The van der Waals surface area contributed by atoms with Crippen molar-refractivity contribution in [1.29, 1.82) is 0 Å². The fraction of sp³-hybridized carbons (Fsp3) is 0.576. The van der Waals surface area contributed by atoms with Gasteiger partial charge in [0.05, 0.1) is 27.7 Å². The molecule has 0 N–H and O–H groups in total. The van der Waals surface area contributed by atoms with Gasteiger partial charge in [0.15, 0.2) is 6.10 Å². The van der Waals surface area contributed by atoms with Crippen LogP contribution < -0.4 is 4.89 Å². The number of nitrogens with zero attached hydrogens (tertiary/aromatic N) is 1. The summed E-state index contributed by atoms with van der Waals surface area (Å²) in [5.74, 6) is -0.909. The molecule has 76 heavy (non-hydrogen) atoms. The van der Waals surface area contributed by atoms with Gasteiger partial charge < -0.3 is 27.9 Å². The second-order valence-electron chi connectivity index (χ2n) is 19.9. The van der Waals surface area contributed by atoms with Gasteiger partial charge in [-0.25, -0.2) is 0 Å². The minimum atomic E-state index is -4.66. The van der Waals surface area contributed by atoms with Crippen LogP contribution in [0.5, 0.6) is 0 Å². The lowest BCUT2D eigenvalue weighted by atomic mass is 10.1. The number of ether oxygens (including phenoxy) is 2. The van der Waals surface area contributed by atoms with Gasteiger partial charge in [-0.3, -0.25) is 14.2 Å². The van der Waals surface area contributed by atoms with Crippen LogP contribution in [0, 0.1) is 0 Å². The van der Waals surface area contributed by atoms with Gasteiger partial charge in [-0.15, -0.1) is 0 Å². The summed E-state index contributed by atoms with van der Waals surface area (Å²) in [5.41, 5.74) is 0. The summed E-state index contributed by atoms with van der Waals surface area (Å²) in [6, 6.07) is 0. The average molecular weight is 1070 g/mol. The maximum Gasteiger partial charge on any atom is 0.306 e. The number of esters is 2. The first-order valence-corrected chi connectivity index (χ1v) is 30.7. The summed E-state index contributed by atoms with van der Waals surface area (Å²) in [4.78, 5) is 37.7. The molecule has 0 aliphatic heterocycles. The van der Waals surface area contributed by atoms with E-state index in [-0.39, 0.29) is 26.1 Å². The van der Waals surface area contributed by atoms with Crippen LogP contribution in [0.4, 0.5) is 0 Å². The molecule has 0 heterocycles. The van der Waals surface area contributed by atoms with Crippen LogP contribution in [0.3, 0.4) is 0 Å². The average Bonchev–Trinajstić information content (AvgIpc) is 3.38. The molecule has 10 heteroatoms. The highest BCUT2D eigenvalue weighted by molar-refractivity contribution is 7.45. The van der Waals surface area contributed by atoms with Gasteiger partial charge in [-0.2, -0.15) is 0 Å². The van der Waals surface area contributed by atoms with Crippen molar-refractivity contribution in [2.45, 2.75) is 200 Å². The van der Waals surface area contributed by atoms with Crippen molar-refractivity contribution >= 4 is 19.8 Å². The van der Waals surface area contributed by atoms with Gasteiger partial charge in [0.2, 0.25) is 0 Å². The van der Waals surface area contributed by atoms with Crippen molar-refractivity contribution in [3.63, 3.8) is 0 Å². The van der Waals surface area contributed by atoms with E-state index in [0.29, 0.717) is 23.9 Å². The number of allylic oxidation sites excluding steroid dienone is 26. The third-order valence-corrected chi connectivity index (χ3v) is 12.5. The van der Waals surface area contributed by atoms with E-state index in [1.807, 2.05) is 21.1 Å². The predicted octanol–water partition coefficient (Wildman–Crippen LogP) is 17.8. The molecule has 0 rings (SSSR count). The van der Waals surface area contributed by atoms with Gasteiger partial charge in [0.25, 0.3) is 7.82 Å². The minimum Gasteiger partial charge on any atom is -0.756 e. The Morgan fingerprint density at radius 2 is 0.750 bits per heavy atom. The number of carbonyl (C=O) groups is 2. The molecule has 0 aromatic heterocycles. The molecule has 0 aromatic carbocycles. The number of hydrogen-bond donors (Lipinski definition) is 0. The number of likely N-dealkylation sites (N-methyl/N-ethyl adjacent to an activating group) is 1. The quantitative estimate of drug-likeness (QED) is 0.0195. The largest absolute Gasteiger partial charge is 0.756 e. The SMILES string of the molecule is CC/C=C\C/C=C\C/C=C\C/C=C\C/C=C\C/C=C\C/C=C\C/C=C\C/C=C\C/C=C\C/C=C\C/C=C\CCCCC(=O)OC(COC(=O)CCCCCCC/C=C\CCCCCC)COP(=O)([O-])OCC[N+](C)(C)C. The van der Waals surface area contributed by atoms with E-state index >= 15 is 0 Å². The number of carbonyl (C=O) groups excluding carboxylic acids is 2. The smallest absolute Gasteiger partial charge is 0.306 e. The first-order valence-electron chi connectivity index (χ1n) is 29.2. The van der Waals surface area contributed by atoms with E-state index in [1.165, 1.54) is 25.7 Å². The molecule has 0 amide bonds. The standard InChI is InChI=1S/C66H106NO8P/c1-6-8-10-12-14-16-18-20-21-22-23-24-25-26-27-28-29-30-31-32-33-34-35-36-37-38-39-40-41-42-43-44-45-47-49-51-53-55-57-59-66(69)75-64(63-74-76(70,71)73-61-60-67(3,4)5)62-72-65(68)58-56-54-52-50-48-46-19-17-15-13-11-9-7-2/h8,10,14,16-17,19-21,23-24,26-27,29-30,32-33,35-36,38-39,41-42,44-45,49,51,64H,6-7,9,11-13,15,18,22,25,28,31,34,37,40,43,46-48,50,52-63H2,1-5H3/b10-8-,16-14-,19-17-,21-20-,24-23-,27-26-,30-29-,33-32-,36-35-,39-38-,42-41-,45-44-,51-49-. The minimum absolute atomic E-state index is 0.0492. The second-order valence-corrected chi connectivity index (χ2v) is 21.3. The van der Waals surface area contributed by atoms with E-state index in [4.69, 9.17) is 18.5 Å². The molecule has 0 radical (unpaired) electrons. The van der Waals surface area contributed by atoms with Crippen LogP contribution in [0.15, 0.2) is 158 Å². The third kappa shape index (κ3) is 58.9.